The van der Waals surface area contributed by atoms with E-state index in [1.807, 2.05) is 0 Å². The topological polar surface area (TPSA) is 43.4 Å². The van der Waals surface area contributed by atoms with Gasteiger partial charge in [-0.1, -0.05) is 23.2 Å². The Kier molecular flexibility index (Phi) is 3.38. The van der Waals surface area contributed by atoms with Crippen molar-refractivity contribution in [3.8, 4) is 0 Å². The molecule has 0 aliphatic heterocycles. The first kappa shape index (κ1) is 13.0. The maximum absolute atomic E-state index is 11.6. The van der Waals surface area contributed by atoms with Crippen molar-refractivity contribution in [3.05, 3.63) is 68.8 Å². The van der Waals surface area contributed by atoms with Crippen molar-refractivity contribution < 1.29 is 8.83 Å². The molecule has 0 atom stereocenters. The molecule has 0 aliphatic carbocycles. The molecule has 5 heteroatoms. The minimum absolute atomic E-state index is 0.185. The number of furan rings is 2. The maximum atomic E-state index is 11.6. The molecule has 0 unspecified atom stereocenters. The van der Waals surface area contributed by atoms with Gasteiger partial charge in [-0.3, -0.25) is 4.79 Å². The van der Waals surface area contributed by atoms with E-state index in [9.17, 15) is 4.79 Å². The second-order valence-corrected chi connectivity index (χ2v) is 4.94. The fourth-order valence-electron chi connectivity index (χ4n) is 1.74. The summed E-state index contributed by atoms with van der Waals surface area (Å²) in [6.45, 7) is 0. The highest BCUT2D eigenvalue weighted by molar-refractivity contribution is 6.39. The first-order chi connectivity index (χ1) is 9.61. The van der Waals surface area contributed by atoms with Crippen molar-refractivity contribution >= 4 is 45.5 Å². The van der Waals surface area contributed by atoms with E-state index < -0.39 is 0 Å². The smallest absolute Gasteiger partial charge is 0.178 e. The summed E-state index contributed by atoms with van der Waals surface area (Å²) in [6.07, 6.45) is 0. The zero-order chi connectivity index (χ0) is 14.1. The van der Waals surface area contributed by atoms with Gasteiger partial charge in [0.15, 0.2) is 11.0 Å². The summed E-state index contributed by atoms with van der Waals surface area (Å²) in [7, 11) is 0. The van der Waals surface area contributed by atoms with Gasteiger partial charge in [0.05, 0.1) is 10.0 Å². The van der Waals surface area contributed by atoms with Crippen LogP contribution in [-0.2, 0) is 0 Å². The number of hydrogen-bond donors (Lipinski definition) is 0. The van der Waals surface area contributed by atoms with Gasteiger partial charge in [0, 0.05) is 12.1 Å². The monoisotopic (exact) mass is 306 g/mol. The van der Waals surface area contributed by atoms with E-state index in [2.05, 4.69) is 0 Å². The van der Waals surface area contributed by atoms with Crippen LogP contribution in [0.25, 0.3) is 22.3 Å². The highest BCUT2D eigenvalue weighted by Crippen LogP contribution is 2.28. The fourth-order valence-corrected chi connectivity index (χ4v) is 2.29. The lowest BCUT2D eigenvalue weighted by molar-refractivity contribution is 0.661. The van der Waals surface area contributed by atoms with Crippen molar-refractivity contribution in [1.82, 2.24) is 0 Å². The number of fused-ring (bicyclic) bond motifs is 4. The Morgan fingerprint density at radius 3 is 1.90 bits per heavy atom. The molecule has 0 aliphatic rings. The predicted molar refractivity (Wildman–Crippen MR) is 79.9 cm³/mol. The van der Waals surface area contributed by atoms with Crippen molar-refractivity contribution in [2.45, 2.75) is 0 Å². The molecule has 3 aromatic rings. The van der Waals surface area contributed by atoms with Crippen molar-refractivity contribution in [1.29, 1.82) is 0 Å². The zero-order valence-corrected chi connectivity index (χ0v) is 11.6. The van der Waals surface area contributed by atoms with E-state index in [0.717, 1.165) is 0 Å². The van der Waals surface area contributed by atoms with Gasteiger partial charge in [-0.25, -0.2) is 0 Å². The molecular weight excluding hydrogens is 299 g/mol. The van der Waals surface area contributed by atoms with Crippen molar-refractivity contribution in [2.24, 2.45) is 0 Å². The van der Waals surface area contributed by atoms with Gasteiger partial charge in [0.1, 0.15) is 16.7 Å². The SMILES string of the molecule is O=c1ccc2ccc(cc(Cl)c3oc(cc1)cc3Cl)o2. The van der Waals surface area contributed by atoms with Crippen LogP contribution in [0.3, 0.4) is 0 Å². The summed E-state index contributed by atoms with van der Waals surface area (Å²) in [5.74, 6) is 0. The van der Waals surface area contributed by atoms with Crippen LogP contribution in [0.5, 0.6) is 0 Å². The van der Waals surface area contributed by atoms with Gasteiger partial charge in [0.2, 0.25) is 0 Å². The Bertz CT molecular complexity index is 908. The Morgan fingerprint density at radius 1 is 0.700 bits per heavy atom. The first-order valence-corrected chi connectivity index (χ1v) is 6.54. The molecule has 20 heavy (non-hydrogen) atoms. The first-order valence-electron chi connectivity index (χ1n) is 5.79. The van der Waals surface area contributed by atoms with Gasteiger partial charge in [-0.05, 0) is 36.4 Å². The summed E-state index contributed by atoms with van der Waals surface area (Å²) >= 11 is 12.2. The molecule has 0 saturated carbocycles. The van der Waals surface area contributed by atoms with E-state index in [4.69, 9.17) is 32.0 Å². The van der Waals surface area contributed by atoms with Gasteiger partial charge in [-0.15, -0.1) is 0 Å². The second kappa shape index (κ2) is 5.19. The molecule has 4 bridgehead atoms. The quantitative estimate of drug-likeness (QED) is 0.589. The zero-order valence-electron chi connectivity index (χ0n) is 10.1. The van der Waals surface area contributed by atoms with E-state index in [0.29, 0.717) is 32.4 Å². The molecule has 0 fully saturated rings. The number of rotatable bonds is 0. The van der Waals surface area contributed by atoms with E-state index in [1.165, 1.54) is 18.2 Å². The van der Waals surface area contributed by atoms with E-state index in [1.54, 1.807) is 30.3 Å². The fraction of sp³-hybridized carbons (Fsp3) is 0. The number of halogens is 2. The summed E-state index contributed by atoms with van der Waals surface area (Å²) in [5.41, 5.74) is 1.72. The standard InChI is InChI=1S/C15H8Cl2O3/c16-13-7-11-6-5-10(19-11)3-1-9(18)2-4-12-8-14(17)15(13)20-12/h1-8H. The van der Waals surface area contributed by atoms with Crippen LogP contribution >= 0.6 is 23.2 Å². The molecule has 0 spiro atoms. The molecule has 0 N–H and O–H groups in total. The Balaban J connectivity index is 2.48. The van der Waals surface area contributed by atoms with Gasteiger partial charge in [0.25, 0.3) is 0 Å². The average Bonchev–Trinajstić information content (AvgIpc) is 3.00. The predicted octanol–water partition coefficient (Wildman–Crippen LogP) is 4.97. The van der Waals surface area contributed by atoms with Crippen LogP contribution in [-0.4, -0.2) is 0 Å². The molecular formula is C15H8Cl2O3. The molecule has 100 valence electrons. The largest absolute Gasteiger partial charge is 0.457 e. The Morgan fingerprint density at radius 2 is 1.20 bits per heavy atom. The van der Waals surface area contributed by atoms with Gasteiger partial charge < -0.3 is 8.83 Å². The second-order valence-electron chi connectivity index (χ2n) is 4.13. The Hall–Kier alpha value is -1.97. The lowest BCUT2D eigenvalue weighted by Gasteiger charge is -1.86. The van der Waals surface area contributed by atoms with Crippen LogP contribution in [0.2, 0.25) is 10.0 Å². The average molecular weight is 307 g/mol. The highest BCUT2D eigenvalue weighted by atomic mass is 35.5. The minimum Gasteiger partial charge on any atom is -0.457 e. The molecule has 0 aromatic carbocycles. The molecule has 3 heterocycles. The molecule has 3 nitrogen and oxygen atoms in total. The van der Waals surface area contributed by atoms with Crippen LogP contribution in [0.15, 0.2) is 62.2 Å². The molecule has 3 rings (SSSR count). The molecule has 0 saturated heterocycles. The third-order valence-corrected chi connectivity index (χ3v) is 3.22. The third-order valence-electron chi connectivity index (χ3n) is 2.66. The summed E-state index contributed by atoms with van der Waals surface area (Å²) in [4.78, 5) is 11.6. The van der Waals surface area contributed by atoms with Crippen LogP contribution in [0.4, 0.5) is 0 Å². The number of hydrogen-bond acceptors (Lipinski definition) is 3. The van der Waals surface area contributed by atoms with Crippen LogP contribution in [0, 0.1) is 0 Å². The maximum Gasteiger partial charge on any atom is 0.178 e. The highest BCUT2D eigenvalue weighted by Gasteiger charge is 2.04. The molecule has 0 radical (unpaired) electrons. The Labute approximate surface area is 123 Å². The lowest BCUT2D eigenvalue weighted by atomic mass is 10.4. The summed E-state index contributed by atoms with van der Waals surface area (Å²) < 4.78 is 11.0. The lowest BCUT2D eigenvalue weighted by Crippen LogP contribution is -1.88. The molecule has 0 amide bonds. The van der Waals surface area contributed by atoms with Crippen molar-refractivity contribution in [3.63, 3.8) is 0 Å². The van der Waals surface area contributed by atoms with E-state index >= 15 is 0 Å². The van der Waals surface area contributed by atoms with Gasteiger partial charge in [-0.2, -0.15) is 0 Å². The van der Waals surface area contributed by atoms with E-state index in [-0.39, 0.29) is 5.43 Å². The normalized spacial score (nSPS) is 10.7. The van der Waals surface area contributed by atoms with Crippen molar-refractivity contribution in [2.75, 3.05) is 0 Å². The molecule has 3 aromatic heterocycles. The third kappa shape index (κ3) is 2.64. The van der Waals surface area contributed by atoms with Gasteiger partial charge >= 0.3 is 0 Å². The summed E-state index contributed by atoms with van der Waals surface area (Å²) in [5, 5.41) is 0.697. The minimum atomic E-state index is -0.185. The van der Waals surface area contributed by atoms with Crippen LogP contribution in [0.1, 0.15) is 0 Å². The summed E-state index contributed by atoms with van der Waals surface area (Å²) in [6, 6.07) is 12.6. The van der Waals surface area contributed by atoms with Crippen LogP contribution < -0.4 is 5.43 Å².